The first-order chi connectivity index (χ1) is 12.9. The van der Waals surface area contributed by atoms with E-state index in [4.69, 9.17) is 9.73 Å². The molecule has 1 aliphatic carbocycles. The van der Waals surface area contributed by atoms with Crippen LogP contribution in [0.3, 0.4) is 0 Å². The van der Waals surface area contributed by atoms with Crippen LogP contribution in [-0.2, 0) is 6.42 Å². The van der Waals surface area contributed by atoms with Gasteiger partial charge >= 0.3 is 0 Å². The SMILES string of the molecule is CCCCCc1cc(O)c2c(c1C1CCC=N1)OC(C)(C)C1C=C(C)CC21. The van der Waals surface area contributed by atoms with Crippen LogP contribution >= 0.6 is 0 Å². The number of aromatic hydroxyl groups is 1. The fraction of sp³-hybridized carbons (Fsp3) is 0.625. The Morgan fingerprint density at radius 3 is 2.78 bits per heavy atom. The summed E-state index contributed by atoms with van der Waals surface area (Å²) in [7, 11) is 0. The Hall–Kier alpha value is -1.77. The maximum atomic E-state index is 11.0. The molecule has 2 aliphatic heterocycles. The molecular weight excluding hydrogens is 334 g/mol. The van der Waals surface area contributed by atoms with E-state index in [0.29, 0.717) is 17.6 Å². The highest BCUT2D eigenvalue weighted by Crippen LogP contribution is 2.57. The number of aryl methyl sites for hydroxylation is 1. The van der Waals surface area contributed by atoms with Crippen LogP contribution in [0, 0.1) is 5.92 Å². The summed E-state index contributed by atoms with van der Waals surface area (Å²) >= 11 is 0. The van der Waals surface area contributed by atoms with E-state index in [1.165, 1.54) is 29.5 Å². The largest absolute Gasteiger partial charge is 0.508 e. The van der Waals surface area contributed by atoms with Crippen LogP contribution in [0.5, 0.6) is 11.5 Å². The van der Waals surface area contributed by atoms with Crippen LogP contribution in [0.2, 0.25) is 0 Å². The number of fused-ring (bicyclic) bond motifs is 3. The smallest absolute Gasteiger partial charge is 0.132 e. The number of phenols is 1. The summed E-state index contributed by atoms with van der Waals surface area (Å²) in [6.07, 6.45) is 12.1. The van der Waals surface area contributed by atoms with Gasteiger partial charge in [0.2, 0.25) is 0 Å². The van der Waals surface area contributed by atoms with Crippen LogP contribution < -0.4 is 4.74 Å². The molecule has 0 spiro atoms. The molecule has 0 saturated carbocycles. The van der Waals surface area contributed by atoms with Crippen LogP contribution in [0.15, 0.2) is 22.7 Å². The first-order valence-corrected chi connectivity index (χ1v) is 10.7. The molecule has 0 aromatic heterocycles. The molecule has 0 bridgehead atoms. The van der Waals surface area contributed by atoms with E-state index in [0.717, 1.165) is 43.4 Å². The van der Waals surface area contributed by atoms with Crippen LogP contribution in [-0.4, -0.2) is 16.9 Å². The summed E-state index contributed by atoms with van der Waals surface area (Å²) < 4.78 is 6.67. The van der Waals surface area contributed by atoms with Crippen LogP contribution in [0.25, 0.3) is 0 Å². The van der Waals surface area contributed by atoms with Gasteiger partial charge in [-0.2, -0.15) is 0 Å². The molecule has 2 heterocycles. The number of hydrogen-bond acceptors (Lipinski definition) is 3. The minimum atomic E-state index is -0.263. The molecule has 3 aliphatic rings. The van der Waals surface area contributed by atoms with Crippen molar-refractivity contribution >= 4 is 6.21 Å². The second kappa shape index (κ2) is 7.00. The number of nitrogens with zero attached hydrogens (tertiary/aromatic N) is 1. The Labute approximate surface area is 163 Å². The second-order valence-electron chi connectivity index (χ2n) is 9.15. The normalized spacial score (nSPS) is 27.9. The Kier molecular flexibility index (Phi) is 4.82. The van der Waals surface area contributed by atoms with Gasteiger partial charge in [-0.3, -0.25) is 4.99 Å². The van der Waals surface area contributed by atoms with Gasteiger partial charge in [-0.15, -0.1) is 0 Å². The minimum Gasteiger partial charge on any atom is -0.508 e. The standard InChI is InChI=1S/C24H33NO2/c1-5-6-7-9-16-14-20(26)22-17-12-15(2)13-18(17)24(3,4)27-23(22)21(16)19-10-8-11-25-19/h11,13-14,17-19,26H,5-10,12H2,1-4H3. The van der Waals surface area contributed by atoms with E-state index in [2.05, 4.69) is 40.0 Å². The Bertz CT molecular complexity index is 790. The quantitative estimate of drug-likeness (QED) is 0.493. The van der Waals surface area contributed by atoms with Gasteiger partial charge in [-0.1, -0.05) is 31.4 Å². The number of ether oxygens (including phenoxy) is 1. The van der Waals surface area contributed by atoms with Crippen molar-refractivity contribution < 1.29 is 9.84 Å². The van der Waals surface area contributed by atoms with E-state index in [-0.39, 0.29) is 11.6 Å². The van der Waals surface area contributed by atoms with Crippen LogP contribution in [0.4, 0.5) is 0 Å². The summed E-state index contributed by atoms with van der Waals surface area (Å²) in [5.41, 5.74) is 4.66. The predicted molar refractivity (Wildman–Crippen MR) is 111 cm³/mol. The van der Waals surface area contributed by atoms with Gasteiger partial charge in [0, 0.05) is 23.0 Å². The molecular formula is C24H33NO2. The number of allylic oxidation sites excluding steroid dienone is 1. The zero-order valence-corrected chi connectivity index (χ0v) is 17.2. The van der Waals surface area contributed by atoms with E-state index in [1.807, 2.05) is 6.07 Å². The van der Waals surface area contributed by atoms with Crippen molar-refractivity contribution in [2.24, 2.45) is 10.9 Å². The zero-order valence-electron chi connectivity index (χ0n) is 17.2. The first-order valence-electron chi connectivity index (χ1n) is 10.7. The lowest BCUT2D eigenvalue weighted by atomic mass is 9.74. The number of rotatable bonds is 5. The summed E-state index contributed by atoms with van der Waals surface area (Å²) in [6, 6.07) is 2.21. The third kappa shape index (κ3) is 3.19. The molecule has 3 heteroatoms. The maximum Gasteiger partial charge on any atom is 0.132 e. The number of phenolic OH excluding ortho intramolecular Hbond substituents is 1. The molecule has 0 saturated heterocycles. The van der Waals surface area contributed by atoms with Crippen molar-refractivity contribution in [2.45, 2.75) is 90.2 Å². The fourth-order valence-corrected chi connectivity index (χ4v) is 5.32. The third-order valence-electron chi connectivity index (χ3n) is 6.64. The summed E-state index contributed by atoms with van der Waals surface area (Å²) in [5.74, 6) is 2.01. The maximum absolute atomic E-state index is 11.0. The average molecular weight is 368 g/mol. The lowest BCUT2D eigenvalue weighted by Crippen LogP contribution is -2.42. The first kappa shape index (κ1) is 18.6. The van der Waals surface area contributed by atoms with Gasteiger partial charge < -0.3 is 9.84 Å². The van der Waals surface area contributed by atoms with Crippen molar-refractivity contribution in [3.63, 3.8) is 0 Å². The van der Waals surface area contributed by atoms with E-state index in [9.17, 15) is 5.11 Å². The average Bonchev–Trinajstić information content (AvgIpc) is 3.24. The van der Waals surface area contributed by atoms with Gasteiger partial charge in [-0.05, 0) is 70.7 Å². The zero-order chi connectivity index (χ0) is 19.2. The molecule has 1 aromatic rings. The Morgan fingerprint density at radius 1 is 1.26 bits per heavy atom. The fourth-order valence-electron chi connectivity index (χ4n) is 5.32. The second-order valence-corrected chi connectivity index (χ2v) is 9.15. The monoisotopic (exact) mass is 367 g/mol. The number of benzene rings is 1. The highest BCUT2D eigenvalue weighted by Gasteiger charge is 2.48. The molecule has 146 valence electrons. The molecule has 27 heavy (non-hydrogen) atoms. The highest BCUT2D eigenvalue weighted by molar-refractivity contribution is 5.64. The number of aliphatic imine (C=N–C) groups is 1. The molecule has 1 aromatic carbocycles. The Morgan fingerprint density at radius 2 is 2.07 bits per heavy atom. The number of unbranched alkanes of at least 4 members (excludes halogenated alkanes) is 2. The van der Waals surface area contributed by atoms with Gasteiger partial charge in [0.25, 0.3) is 0 Å². The lowest BCUT2D eigenvalue weighted by Gasteiger charge is -2.43. The van der Waals surface area contributed by atoms with Crippen molar-refractivity contribution in [2.75, 3.05) is 0 Å². The molecule has 0 radical (unpaired) electrons. The van der Waals surface area contributed by atoms with E-state index < -0.39 is 0 Å². The molecule has 3 nitrogen and oxygen atoms in total. The molecule has 0 fully saturated rings. The summed E-state index contributed by atoms with van der Waals surface area (Å²) in [4.78, 5) is 4.78. The van der Waals surface area contributed by atoms with Crippen molar-refractivity contribution in [3.05, 3.63) is 34.4 Å². The van der Waals surface area contributed by atoms with Crippen molar-refractivity contribution in [3.8, 4) is 11.5 Å². The van der Waals surface area contributed by atoms with E-state index in [1.54, 1.807) is 0 Å². The lowest BCUT2D eigenvalue weighted by molar-refractivity contribution is 0.0346. The molecule has 1 N–H and O–H groups in total. The highest BCUT2D eigenvalue weighted by atomic mass is 16.5. The number of hydrogen-bond donors (Lipinski definition) is 1. The molecule has 3 atom stereocenters. The van der Waals surface area contributed by atoms with E-state index >= 15 is 0 Å². The van der Waals surface area contributed by atoms with Crippen molar-refractivity contribution in [1.29, 1.82) is 0 Å². The summed E-state index contributed by atoms with van der Waals surface area (Å²) in [5, 5.41) is 11.0. The topological polar surface area (TPSA) is 41.8 Å². The van der Waals surface area contributed by atoms with Gasteiger partial charge in [-0.25, -0.2) is 0 Å². The van der Waals surface area contributed by atoms with Gasteiger partial charge in [0.15, 0.2) is 0 Å². The summed E-state index contributed by atoms with van der Waals surface area (Å²) in [6.45, 7) is 8.83. The van der Waals surface area contributed by atoms with Crippen molar-refractivity contribution in [1.82, 2.24) is 0 Å². The molecule has 3 unspecified atom stereocenters. The van der Waals surface area contributed by atoms with Gasteiger partial charge in [0.1, 0.15) is 17.1 Å². The molecule has 4 rings (SSSR count). The Balaban J connectivity index is 1.85. The predicted octanol–water partition coefficient (Wildman–Crippen LogP) is 6.25. The third-order valence-corrected chi connectivity index (χ3v) is 6.64. The molecule has 0 amide bonds. The van der Waals surface area contributed by atoms with Gasteiger partial charge in [0.05, 0.1) is 6.04 Å². The van der Waals surface area contributed by atoms with Crippen LogP contribution in [0.1, 0.15) is 94.9 Å². The minimum absolute atomic E-state index is 0.179.